The van der Waals surface area contributed by atoms with Gasteiger partial charge in [-0.3, -0.25) is 4.79 Å². The second-order valence-corrected chi connectivity index (χ2v) is 6.18. The number of carbonyl (C=O) groups excluding carboxylic acids is 2. The number of carbonyl (C=O) groups is 2. The molecule has 0 radical (unpaired) electrons. The van der Waals surface area contributed by atoms with E-state index in [2.05, 4.69) is 5.32 Å². The summed E-state index contributed by atoms with van der Waals surface area (Å²) >= 11 is 0. The van der Waals surface area contributed by atoms with Gasteiger partial charge in [-0.25, -0.2) is 4.79 Å². The quantitative estimate of drug-likeness (QED) is 0.786. The third-order valence-electron chi connectivity index (χ3n) is 4.22. The lowest BCUT2D eigenvalue weighted by Crippen LogP contribution is -2.31. The Morgan fingerprint density at radius 2 is 1.93 bits per heavy atom. The number of fused-ring (bicyclic) bond motifs is 1. The van der Waals surface area contributed by atoms with E-state index in [0.29, 0.717) is 22.9 Å². The molecule has 142 valence electrons. The first-order valence-electron chi connectivity index (χ1n) is 8.53. The Labute approximate surface area is 157 Å². The minimum Gasteiger partial charge on any atom is -0.482 e. The van der Waals surface area contributed by atoms with Gasteiger partial charge in [0.25, 0.3) is 5.91 Å². The largest absolute Gasteiger partial charge is 0.482 e. The van der Waals surface area contributed by atoms with Crippen molar-refractivity contribution in [3.8, 4) is 17.2 Å². The van der Waals surface area contributed by atoms with Crippen molar-refractivity contribution in [1.29, 1.82) is 0 Å². The summed E-state index contributed by atoms with van der Waals surface area (Å²) in [5.74, 6) is 0.720. The zero-order valence-electron chi connectivity index (χ0n) is 15.4. The summed E-state index contributed by atoms with van der Waals surface area (Å²) in [6, 6.07) is 10.6. The van der Waals surface area contributed by atoms with Crippen LogP contribution in [-0.2, 0) is 14.3 Å². The maximum atomic E-state index is 12.2. The van der Waals surface area contributed by atoms with E-state index in [9.17, 15) is 9.59 Å². The van der Waals surface area contributed by atoms with E-state index in [1.807, 2.05) is 26.0 Å². The highest BCUT2D eigenvalue weighted by molar-refractivity contribution is 5.95. The van der Waals surface area contributed by atoms with Gasteiger partial charge in [-0.15, -0.1) is 0 Å². The molecular weight excluding hydrogens is 350 g/mol. The minimum absolute atomic E-state index is 0.154. The summed E-state index contributed by atoms with van der Waals surface area (Å²) in [6.07, 6.45) is -0.967. The molecule has 2 aromatic rings. The summed E-state index contributed by atoms with van der Waals surface area (Å²) in [5.41, 5.74) is 2.55. The Kier molecular flexibility index (Phi) is 5.49. The number of amides is 1. The first-order chi connectivity index (χ1) is 12.9. The first-order valence-corrected chi connectivity index (χ1v) is 8.53. The van der Waals surface area contributed by atoms with Crippen LogP contribution < -0.4 is 19.5 Å². The summed E-state index contributed by atoms with van der Waals surface area (Å²) in [6.45, 7) is 5.26. The molecule has 0 fully saturated rings. The van der Waals surface area contributed by atoms with Gasteiger partial charge in [-0.1, -0.05) is 12.1 Å². The third kappa shape index (κ3) is 4.49. The minimum atomic E-state index is -0.967. The number of rotatable bonds is 6. The number of aryl methyl sites for hydroxylation is 1. The van der Waals surface area contributed by atoms with Gasteiger partial charge < -0.3 is 24.3 Å². The van der Waals surface area contributed by atoms with Gasteiger partial charge in [-0.05, 0) is 50.1 Å². The van der Waals surface area contributed by atoms with Gasteiger partial charge in [0, 0.05) is 11.8 Å². The molecule has 3 rings (SSSR count). The summed E-state index contributed by atoms with van der Waals surface area (Å²) in [4.78, 5) is 24.2. The van der Waals surface area contributed by atoms with E-state index in [1.165, 1.54) is 6.92 Å². The lowest BCUT2D eigenvalue weighted by Gasteiger charge is -2.15. The van der Waals surface area contributed by atoms with Crippen LogP contribution in [-0.4, -0.2) is 31.4 Å². The zero-order valence-corrected chi connectivity index (χ0v) is 15.4. The molecule has 1 amide bonds. The molecule has 2 aromatic carbocycles. The van der Waals surface area contributed by atoms with Crippen molar-refractivity contribution >= 4 is 17.6 Å². The van der Waals surface area contributed by atoms with Crippen LogP contribution >= 0.6 is 0 Å². The van der Waals surface area contributed by atoms with Crippen LogP contribution in [0.25, 0.3) is 0 Å². The molecule has 0 spiro atoms. The molecule has 7 heteroatoms. The molecule has 0 aromatic heterocycles. The van der Waals surface area contributed by atoms with Gasteiger partial charge >= 0.3 is 5.97 Å². The Morgan fingerprint density at radius 3 is 2.74 bits per heavy atom. The monoisotopic (exact) mass is 371 g/mol. The highest BCUT2D eigenvalue weighted by atomic mass is 16.7. The van der Waals surface area contributed by atoms with Crippen molar-refractivity contribution < 1.29 is 28.5 Å². The maximum absolute atomic E-state index is 12.2. The fourth-order valence-corrected chi connectivity index (χ4v) is 2.52. The zero-order chi connectivity index (χ0) is 19.4. The maximum Gasteiger partial charge on any atom is 0.344 e. The SMILES string of the molecule is Cc1cccc(OCC(=O)O[C@H](C)C(=O)Nc2ccc3c(c2)OCO3)c1C. The van der Waals surface area contributed by atoms with Gasteiger partial charge in [0.05, 0.1) is 0 Å². The molecule has 7 nitrogen and oxygen atoms in total. The molecule has 0 unspecified atom stereocenters. The smallest absolute Gasteiger partial charge is 0.344 e. The molecule has 1 aliphatic heterocycles. The van der Waals surface area contributed by atoms with Crippen molar-refractivity contribution in [2.45, 2.75) is 26.9 Å². The van der Waals surface area contributed by atoms with Gasteiger partial charge in [0.1, 0.15) is 5.75 Å². The number of ether oxygens (including phenoxy) is 4. The second-order valence-electron chi connectivity index (χ2n) is 6.18. The number of esters is 1. The Morgan fingerprint density at radius 1 is 1.15 bits per heavy atom. The van der Waals surface area contributed by atoms with E-state index in [1.54, 1.807) is 24.3 Å². The van der Waals surface area contributed by atoms with E-state index in [0.717, 1.165) is 11.1 Å². The van der Waals surface area contributed by atoms with E-state index in [-0.39, 0.29) is 13.4 Å². The van der Waals surface area contributed by atoms with Gasteiger partial charge in [0.2, 0.25) is 6.79 Å². The van der Waals surface area contributed by atoms with Crippen LogP contribution in [0.3, 0.4) is 0 Å². The lowest BCUT2D eigenvalue weighted by molar-refractivity contribution is -0.155. The van der Waals surface area contributed by atoms with Gasteiger partial charge in [0.15, 0.2) is 24.2 Å². The number of hydrogen-bond donors (Lipinski definition) is 1. The number of nitrogens with one attached hydrogen (secondary N) is 1. The number of anilines is 1. The standard InChI is InChI=1S/C20H21NO6/c1-12-5-4-6-16(13(12)2)24-10-19(22)27-14(3)20(23)21-15-7-8-17-18(9-15)26-11-25-17/h4-9,14H,10-11H2,1-3H3,(H,21,23)/t14-/m1/s1. The lowest BCUT2D eigenvalue weighted by atomic mass is 10.1. The molecule has 0 saturated heterocycles. The van der Waals surface area contributed by atoms with E-state index in [4.69, 9.17) is 18.9 Å². The Bertz CT molecular complexity index is 864. The molecule has 1 heterocycles. The van der Waals surface area contributed by atoms with Crippen LogP contribution in [0.1, 0.15) is 18.1 Å². The average molecular weight is 371 g/mol. The van der Waals surface area contributed by atoms with Crippen LogP contribution in [0, 0.1) is 13.8 Å². The van der Waals surface area contributed by atoms with Crippen molar-refractivity contribution in [2.75, 3.05) is 18.7 Å². The molecule has 0 bridgehead atoms. The van der Waals surface area contributed by atoms with Gasteiger partial charge in [-0.2, -0.15) is 0 Å². The Hall–Kier alpha value is -3.22. The van der Waals surface area contributed by atoms with Crippen LogP contribution in [0.4, 0.5) is 5.69 Å². The Balaban J connectivity index is 1.50. The van der Waals surface area contributed by atoms with Crippen molar-refractivity contribution in [3.63, 3.8) is 0 Å². The summed E-state index contributed by atoms with van der Waals surface area (Å²) in [7, 11) is 0. The fourth-order valence-electron chi connectivity index (χ4n) is 2.52. The normalized spacial score (nSPS) is 13.0. The molecule has 0 aliphatic carbocycles. The molecule has 0 saturated carbocycles. The van der Waals surface area contributed by atoms with Crippen LogP contribution in [0.15, 0.2) is 36.4 Å². The predicted octanol–water partition coefficient (Wildman–Crippen LogP) is 2.98. The highest BCUT2D eigenvalue weighted by Gasteiger charge is 2.20. The summed E-state index contributed by atoms with van der Waals surface area (Å²) < 4.78 is 21.1. The first kappa shape index (κ1) is 18.6. The summed E-state index contributed by atoms with van der Waals surface area (Å²) in [5, 5.41) is 2.67. The average Bonchev–Trinajstić information content (AvgIpc) is 3.10. The predicted molar refractivity (Wildman–Crippen MR) is 98.2 cm³/mol. The van der Waals surface area contributed by atoms with Crippen molar-refractivity contribution in [3.05, 3.63) is 47.5 Å². The van der Waals surface area contributed by atoms with E-state index >= 15 is 0 Å². The molecule has 1 N–H and O–H groups in total. The van der Waals surface area contributed by atoms with Crippen LogP contribution in [0.5, 0.6) is 17.2 Å². The molecule has 27 heavy (non-hydrogen) atoms. The molecular formula is C20H21NO6. The third-order valence-corrected chi connectivity index (χ3v) is 4.22. The van der Waals surface area contributed by atoms with Crippen molar-refractivity contribution in [2.24, 2.45) is 0 Å². The fraction of sp³-hybridized carbons (Fsp3) is 0.300. The topological polar surface area (TPSA) is 83.1 Å². The highest BCUT2D eigenvalue weighted by Crippen LogP contribution is 2.34. The number of hydrogen-bond acceptors (Lipinski definition) is 6. The van der Waals surface area contributed by atoms with E-state index < -0.39 is 18.0 Å². The second kappa shape index (κ2) is 7.99. The van der Waals surface area contributed by atoms with Crippen molar-refractivity contribution in [1.82, 2.24) is 0 Å². The molecule has 1 atom stereocenters. The van der Waals surface area contributed by atoms with Crippen LogP contribution in [0.2, 0.25) is 0 Å². The molecule has 1 aliphatic rings. The number of benzene rings is 2.